The summed E-state index contributed by atoms with van der Waals surface area (Å²) in [5.74, 6) is -0.365. The summed E-state index contributed by atoms with van der Waals surface area (Å²) in [7, 11) is 0. The molecule has 5 rings (SSSR count). The number of carbonyl (C=O) groups excluding carboxylic acids is 1. The van der Waals surface area contributed by atoms with E-state index in [0.29, 0.717) is 22.6 Å². The maximum Gasteiger partial charge on any atom is 0.435 e. The molecule has 0 aliphatic carbocycles. The van der Waals surface area contributed by atoms with E-state index in [2.05, 4.69) is 10.4 Å². The number of hydrogen-bond acceptors (Lipinski definition) is 3. The number of fused-ring (bicyclic) bond motifs is 3. The molecule has 0 aliphatic heterocycles. The lowest BCUT2D eigenvalue weighted by Gasteiger charge is -2.11. The smallest absolute Gasteiger partial charge is 0.325 e. The van der Waals surface area contributed by atoms with Gasteiger partial charge in [0.1, 0.15) is 0 Å². The van der Waals surface area contributed by atoms with Crippen molar-refractivity contribution in [1.82, 2.24) is 9.78 Å². The molecule has 9 heteroatoms. The third-order valence-electron chi connectivity index (χ3n) is 5.62. The van der Waals surface area contributed by atoms with Crippen LogP contribution in [0.2, 0.25) is 0 Å². The number of benzene rings is 4. The van der Waals surface area contributed by atoms with E-state index in [0.717, 1.165) is 27.6 Å². The van der Waals surface area contributed by atoms with E-state index >= 15 is 0 Å². The number of halogens is 4. The molecule has 0 spiro atoms. The number of rotatable bonds is 4. The van der Waals surface area contributed by atoms with Gasteiger partial charge in [0.25, 0.3) is 0 Å². The topological polar surface area (TPSA) is 72.9 Å². The highest BCUT2D eigenvalue weighted by molar-refractivity contribution is 6.08. The zero-order chi connectivity index (χ0) is 23.9. The lowest BCUT2D eigenvalue weighted by molar-refractivity contribution is -0.141. The van der Waals surface area contributed by atoms with Crippen LogP contribution in [-0.2, 0) is 11.0 Å². The average molecular weight is 497 g/mol. The number of aromatic nitrogens is 2. The van der Waals surface area contributed by atoms with Crippen molar-refractivity contribution in [3.05, 3.63) is 90.6 Å². The van der Waals surface area contributed by atoms with Gasteiger partial charge < -0.3 is 11.1 Å². The molecule has 0 fully saturated rings. The molecule has 5 aromatic rings. The Kier molecular flexibility index (Phi) is 6.51. The standard InChI is InChI=1S/C26H19F3N4O.ClH/c27-26(28,29)24-14-23(33(32-24)20-10-8-19(9-11-20)31-25(34)15-30)18-7-12-22-17(13-18)6-5-16-3-1-2-4-21(16)22;/h1-14H,15,30H2,(H,31,34);1H. The van der Waals surface area contributed by atoms with Gasteiger partial charge in [0.15, 0.2) is 5.69 Å². The highest BCUT2D eigenvalue weighted by Gasteiger charge is 2.35. The lowest BCUT2D eigenvalue weighted by Crippen LogP contribution is -2.21. The van der Waals surface area contributed by atoms with Crippen LogP contribution in [0.5, 0.6) is 0 Å². The fourth-order valence-electron chi connectivity index (χ4n) is 3.99. The van der Waals surface area contributed by atoms with Gasteiger partial charge in [-0.2, -0.15) is 18.3 Å². The maximum absolute atomic E-state index is 13.6. The van der Waals surface area contributed by atoms with Gasteiger partial charge in [0, 0.05) is 11.3 Å². The van der Waals surface area contributed by atoms with Crippen LogP contribution in [0.3, 0.4) is 0 Å². The Bertz CT molecular complexity index is 1530. The molecule has 178 valence electrons. The molecule has 35 heavy (non-hydrogen) atoms. The fraction of sp³-hybridized carbons (Fsp3) is 0.0769. The predicted octanol–water partition coefficient (Wildman–Crippen LogP) is 6.18. The Balaban J connectivity index is 0.00000289. The summed E-state index contributed by atoms with van der Waals surface area (Å²) in [6.45, 7) is -0.169. The molecule has 0 unspecified atom stereocenters. The largest absolute Gasteiger partial charge is 0.435 e. The molecule has 1 aromatic heterocycles. The Hall–Kier alpha value is -3.88. The number of carbonyl (C=O) groups is 1. The van der Waals surface area contributed by atoms with Crippen LogP contribution in [0.1, 0.15) is 5.69 Å². The highest BCUT2D eigenvalue weighted by atomic mass is 35.5. The van der Waals surface area contributed by atoms with E-state index in [4.69, 9.17) is 5.73 Å². The molecular formula is C26H20ClF3N4O. The van der Waals surface area contributed by atoms with Crippen LogP contribution in [0, 0.1) is 0 Å². The van der Waals surface area contributed by atoms with Crippen molar-refractivity contribution < 1.29 is 18.0 Å². The molecule has 5 nitrogen and oxygen atoms in total. The van der Waals surface area contributed by atoms with Crippen molar-refractivity contribution in [3.63, 3.8) is 0 Å². The predicted molar refractivity (Wildman–Crippen MR) is 134 cm³/mol. The minimum atomic E-state index is -4.60. The van der Waals surface area contributed by atoms with E-state index in [1.54, 1.807) is 30.3 Å². The second-order valence-electron chi connectivity index (χ2n) is 7.85. The first-order valence-corrected chi connectivity index (χ1v) is 10.5. The van der Waals surface area contributed by atoms with E-state index < -0.39 is 11.9 Å². The Labute approximate surface area is 204 Å². The number of anilines is 1. The number of amides is 1. The second kappa shape index (κ2) is 9.40. The van der Waals surface area contributed by atoms with Crippen molar-refractivity contribution in [3.8, 4) is 16.9 Å². The van der Waals surface area contributed by atoms with Gasteiger partial charge in [-0.15, -0.1) is 12.4 Å². The number of hydrogen-bond donors (Lipinski definition) is 2. The molecule has 1 heterocycles. The zero-order valence-electron chi connectivity index (χ0n) is 18.2. The van der Waals surface area contributed by atoms with Gasteiger partial charge in [-0.3, -0.25) is 4.79 Å². The second-order valence-corrected chi connectivity index (χ2v) is 7.85. The van der Waals surface area contributed by atoms with Crippen molar-refractivity contribution >= 4 is 45.5 Å². The first-order valence-electron chi connectivity index (χ1n) is 10.5. The van der Waals surface area contributed by atoms with Crippen LogP contribution in [0.4, 0.5) is 18.9 Å². The van der Waals surface area contributed by atoms with Gasteiger partial charge in [0.05, 0.1) is 17.9 Å². The molecule has 1 amide bonds. The van der Waals surface area contributed by atoms with Crippen molar-refractivity contribution in [2.45, 2.75) is 6.18 Å². The minimum Gasteiger partial charge on any atom is -0.325 e. The summed E-state index contributed by atoms with van der Waals surface area (Å²) < 4.78 is 41.9. The number of nitrogens with zero attached hydrogens (tertiary/aromatic N) is 2. The van der Waals surface area contributed by atoms with Crippen LogP contribution in [0.15, 0.2) is 84.9 Å². The van der Waals surface area contributed by atoms with E-state index in [-0.39, 0.29) is 24.9 Å². The summed E-state index contributed by atoms with van der Waals surface area (Å²) >= 11 is 0. The quantitative estimate of drug-likeness (QED) is 0.292. The average Bonchev–Trinajstić information content (AvgIpc) is 3.30. The van der Waals surface area contributed by atoms with Crippen LogP contribution in [0.25, 0.3) is 38.5 Å². The first kappa shape index (κ1) is 24.3. The van der Waals surface area contributed by atoms with E-state index in [1.165, 1.54) is 4.68 Å². The van der Waals surface area contributed by atoms with E-state index in [9.17, 15) is 18.0 Å². The molecular weight excluding hydrogens is 477 g/mol. The van der Waals surface area contributed by atoms with Gasteiger partial charge in [0.2, 0.25) is 5.91 Å². The summed E-state index contributed by atoms with van der Waals surface area (Å²) in [4.78, 5) is 11.5. The molecule has 0 saturated carbocycles. The maximum atomic E-state index is 13.6. The Morgan fingerprint density at radius 3 is 2.29 bits per heavy atom. The highest BCUT2D eigenvalue weighted by Crippen LogP contribution is 2.35. The van der Waals surface area contributed by atoms with Crippen LogP contribution >= 0.6 is 12.4 Å². The van der Waals surface area contributed by atoms with Crippen LogP contribution in [-0.4, -0.2) is 22.2 Å². The number of nitrogens with two attached hydrogens (primary N) is 1. The first-order chi connectivity index (χ1) is 16.3. The van der Waals surface area contributed by atoms with E-state index in [1.807, 2.05) is 48.5 Å². The van der Waals surface area contributed by atoms with Gasteiger partial charge in [-0.25, -0.2) is 4.68 Å². The number of nitrogens with one attached hydrogen (secondary N) is 1. The van der Waals surface area contributed by atoms with Gasteiger partial charge in [-0.1, -0.05) is 48.5 Å². The molecule has 4 aromatic carbocycles. The summed E-state index contributed by atoms with van der Waals surface area (Å²) in [6, 6.07) is 24.9. The molecule has 0 atom stereocenters. The third-order valence-corrected chi connectivity index (χ3v) is 5.62. The lowest BCUT2D eigenvalue weighted by atomic mass is 9.99. The third kappa shape index (κ3) is 4.71. The molecule has 0 aliphatic rings. The molecule has 0 radical (unpaired) electrons. The van der Waals surface area contributed by atoms with Crippen molar-refractivity contribution in [2.24, 2.45) is 5.73 Å². The van der Waals surface area contributed by atoms with Crippen LogP contribution < -0.4 is 11.1 Å². The number of alkyl halides is 3. The summed E-state index contributed by atoms with van der Waals surface area (Å²) in [6.07, 6.45) is -4.60. The molecule has 0 bridgehead atoms. The summed E-state index contributed by atoms with van der Waals surface area (Å²) in [5.41, 5.74) is 6.14. The van der Waals surface area contributed by atoms with Gasteiger partial charge in [-0.05, 0) is 57.9 Å². The monoisotopic (exact) mass is 496 g/mol. The molecule has 3 N–H and O–H groups in total. The summed E-state index contributed by atoms with van der Waals surface area (Å²) in [5, 5.41) is 10.6. The van der Waals surface area contributed by atoms with Crippen molar-refractivity contribution in [1.29, 1.82) is 0 Å². The van der Waals surface area contributed by atoms with Gasteiger partial charge >= 0.3 is 6.18 Å². The SMILES string of the molecule is Cl.NCC(=O)Nc1ccc(-n2nc(C(F)(F)F)cc2-c2ccc3c(ccc4ccccc43)c2)cc1. The normalized spacial score (nSPS) is 11.4. The Morgan fingerprint density at radius 2 is 1.57 bits per heavy atom. The van der Waals surface area contributed by atoms with Crippen molar-refractivity contribution in [2.75, 3.05) is 11.9 Å². The fourth-order valence-corrected chi connectivity index (χ4v) is 3.99. The minimum absolute atomic E-state index is 0. The Morgan fingerprint density at radius 1 is 0.886 bits per heavy atom. The molecule has 0 saturated heterocycles. The zero-order valence-corrected chi connectivity index (χ0v) is 19.0.